The number of aromatic nitrogens is 1. The van der Waals surface area contributed by atoms with Crippen LogP contribution in [0.4, 0.5) is 16.3 Å². The Bertz CT molecular complexity index is 543. The highest BCUT2D eigenvalue weighted by atomic mass is 16.6. The molecule has 0 saturated carbocycles. The van der Waals surface area contributed by atoms with Gasteiger partial charge in [0.25, 0.3) is 5.82 Å². The lowest BCUT2D eigenvalue weighted by atomic mass is 10.2. The van der Waals surface area contributed by atoms with Gasteiger partial charge < -0.3 is 14.3 Å². The van der Waals surface area contributed by atoms with E-state index in [0.717, 1.165) is 0 Å². The minimum absolute atomic E-state index is 0.241. The SMILES string of the molecule is [C-]#[N+]c1cc2c(cn1)N(C(=O)OC(C)(C)C)CCO2. The van der Waals surface area contributed by atoms with Gasteiger partial charge in [-0.3, -0.25) is 4.90 Å². The first kappa shape index (κ1) is 13.1. The molecule has 1 aliphatic heterocycles. The van der Waals surface area contributed by atoms with E-state index in [1.807, 2.05) is 20.8 Å². The standard InChI is InChI=1S/C13H15N3O3/c1-13(2,3)19-12(17)16-5-6-18-10-7-11(14-4)15-8-9(10)16/h7-8H,5-6H2,1-3H3. The van der Waals surface area contributed by atoms with Gasteiger partial charge in [0.05, 0.1) is 6.54 Å². The highest BCUT2D eigenvalue weighted by molar-refractivity contribution is 5.90. The smallest absolute Gasteiger partial charge is 0.415 e. The largest absolute Gasteiger partial charge is 0.491 e. The van der Waals surface area contributed by atoms with Crippen LogP contribution in [0.1, 0.15) is 20.8 Å². The minimum Gasteiger partial charge on any atom is -0.491 e. The lowest BCUT2D eigenvalue weighted by molar-refractivity contribution is 0.0567. The number of fused-ring (bicyclic) bond motifs is 1. The van der Waals surface area contributed by atoms with Crippen molar-refractivity contribution in [3.63, 3.8) is 0 Å². The Morgan fingerprint density at radius 2 is 2.32 bits per heavy atom. The van der Waals surface area contributed by atoms with Gasteiger partial charge in [0.1, 0.15) is 29.8 Å². The topological polar surface area (TPSA) is 56.0 Å². The van der Waals surface area contributed by atoms with Gasteiger partial charge in [-0.05, 0) is 20.8 Å². The van der Waals surface area contributed by atoms with Gasteiger partial charge in [-0.25, -0.2) is 4.79 Å². The van der Waals surface area contributed by atoms with E-state index in [-0.39, 0.29) is 5.82 Å². The summed E-state index contributed by atoms with van der Waals surface area (Å²) in [4.78, 5) is 20.8. The number of anilines is 1. The second-order valence-electron chi connectivity index (χ2n) is 5.10. The Labute approximate surface area is 111 Å². The molecule has 0 saturated heterocycles. The Hall–Kier alpha value is -2.29. The summed E-state index contributed by atoms with van der Waals surface area (Å²) in [6.07, 6.45) is 1.03. The van der Waals surface area contributed by atoms with Crippen molar-refractivity contribution >= 4 is 17.6 Å². The minimum atomic E-state index is -0.556. The maximum atomic E-state index is 12.1. The average molecular weight is 261 g/mol. The predicted octanol–water partition coefficient (Wildman–Crippen LogP) is 2.77. The highest BCUT2D eigenvalue weighted by Gasteiger charge is 2.29. The molecule has 1 aromatic heterocycles. The summed E-state index contributed by atoms with van der Waals surface area (Å²) in [6, 6.07) is 1.53. The molecule has 2 heterocycles. The molecule has 6 heteroatoms. The predicted molar refractivity (Wildman–Crippen MR) is 69.6 cm³/mol. The zero-order valence-electron chi connectivity index (χ0n) is 11.1. The molecule has 1 aliphatic rings. The highest BCUT2D eigenvalue weighted by Crippen LogP contribution is 2.34. The van der Waals surface area contributed by atoms with Gasteiger partial charge in [0, 0.05) is 6.07 Å². The first-order valence-corrected chi connectivity index (χ1v) is 5.91. The molecular weight excluding hydrogens is 246 g/mol. The van der Waals surface area contributed by atoms with Gasteiger partial charge in [-0.1, -0.05) is 6.57 Å². The lowest BCUT2D eigenvalue weighted by Crippen LogP contribution is -2.41. The third kappa shape index (κ3) is 2.94. The molecule has 0 bridgehead atoms. The van der Waals surface area contributed by atoms with Crippen LogP contribution in [-0.4, -0.2) is 29.8 Å². The summed E-state index contributed by atoms with van der Waals surface area (Å²) in [5.74, 6) is 0.725. The van der Waals surface area contributed by atoms with Gasteiger partial charge >= 0.3 is 6.09 Å². The van der Waals surface area contributed by atoms with E-state index in [2.05, 4.69) is 9.83 Å². The van der Waals surface area contributed by atoms with E-state index in [1.165, 1.54) is 17.2 Å². The number of hydrogen-bond donors (Lipinski definition) is 0. The number of pyridine rings is 1. The third-order valence-electron chi connectivity index (χ3n) is 2.42. The van der Waals surface area contributed by atoms with E-state index < -0.39 is 11.7 Å². The van der Waals surface area contributed by atoms with E-state index >= 15 is 0 Å². The van der Waals surface area contributed by atoms with Gasteiger partial charge in [0.2, 0.25) is 0 Å². The molecule has 0 aromatic carbocycles. The zero-order valence-corrected chi connectivity index (χ0v) is 11.1. The summed E-state index contributed by atoms with van der Waals surface area (Å²) in [5, 5.41) is 0. The lowest BCUT2D eigenvalue weighted by Gasteiger charge is -2.30. The summed E-state index contributed by atoms with van der Waals surface area (Å²) in [7, 11) is 0. The molecule has 0 unspecified atom stereocenters. The molecular formula is C13H15N3O3. The molecule has 0 fully saturated rings. The first-order valence-electron chi connectivity index (χ1n) is 5.91. The molecule has 1 amide bonds. The monoisotopic (exact) mass is 261 g/mol. The molecule has 0 aliphatic carbocycles. The normalized spacial score (nSPS) is 14.1. The van der Waals surface area contributed by atoms with Crippen LogP contribution in [0.25, 0.3) is 4.85 Å². The van der Waals surface area contributed by atoms with Gasteiger partial charge in [-0.2, -0.15) is 0 Å². The number of carbonyl (C=O) groups is 1. The summed E-state index contributed by atoms with van der Waals surface area (Å²) < 4.78 is 10.8. The van der Waals surface area contributed by atoms with Crippen LogP contribution in [0, 0.1) is 6.57 Å². The van der Waals surface area contributed by atoms with Crippen LogP contribution in [-0.2, 0) is 4.74 Å². The molecule has 0 spiro atoms. The second-order valence-corrected chi connectivity index (χ2v) is 5.10. The van der Waals surface area contributed by atoms with Crippen LogP contribution in [0.3, 0.4) is 0 Å². The van der Waals surface area contributed by atoms with Crippen LogP contribution >= 0.6 is 0 Å². The van der Waals surface area contributed by atoms with Gasteiger partial charge in [-0.15, -0.1) is 4.98 Å². The van der Waals surface area contributed by atoms with Gasteiger partial charge in [0.15, 0.2) is 0 Å². The quantitative estimate of drug-likeness (QED) is 0.674. The van der Waals surface area contributed by atoms with Crippen molar-refractivity contribution in [3.8, 4) is 5.75 Å². The Kier molecular flexibility index (Phi) is 3.30. The number of ether oxygens (including phenoxy) is 2. The Balaban J connectivity index is 2.28. The van der Waals surface area contributed by atoms with Crippen molar-refractivity contribution in [1.29, 1.82) is 0 Å². The first-order chi connectivity index (χ1) is 8.90. The zero-order chi connectivity index (χ0) is 14.0. The average Bonchev–Trinajstić information content (AvgIpc) is 2.35. The van der Waals surface area contributed by atoms with Crippen molar-refractivity contribution in [2.24, 2.45) is 0 Å². The number of rotatable bonds is 0. The molecule has 0 atom stereocenters. The van der Waals surface area contributed by atoms with Crippen molar-refractivity contribution in [3.05, 3.63) is 23.7 Å². The van der Waals surface area contributed by atoms with Crippen LogP contribution in [0.15, 0.2) is 12.3 Å². The van der Waals surface area contributed by atoms with Crippen LogP contribution in [0.2, 0.25) is 0 Å². The fourth-order valence-electron chi connectivity index (χ4n) is 1.67. The molecule has 0 N–H and O–H groups in total. The van der Waals surface area contributed by atoms with E-state index in [0.29, 0.717) is 24.6 Å². The molecule has 1 aromatic rings. The van der Waals surface area contributed by atoms with Crippen molar-refractivity contribution < 1.29 is 14.3 Å². The molecule has 2 rings (SSSR count). The van der Waals surface area contributed by atoms with E-state index in [9.17, 15) is 4.79 Å². The summed E-state index contributed by atoms with van der Waals surface area (Å²) >= 11 is 0. The molecule has 19 heavy (non-hydrogen) atoms. The molecule has 6 nitrogen and oxygen atoms in total. The second kappa shape index (κ2) is 4.76. The fraction of sp³-hybridized carbons (Fsp3) is 0.462. The third-order valence-corrected chi connectivity index (χ3v) is 2.42. The van der Waals surface area contributed by atoms with E-state index in [1.54, 1.807) is 0 Å². The summed E-state index contributed by atoms with van der Waals surface area (Å²) in [6.45, 7) is 13.1. The van der Waals surface area contributed by atoms with Crippen LogP contribution < -0.4 is 9.64 Å². The van der Waals surface area contributed by atoms with Crippen molar-refractivity contribution in [2.75, 3.05) is 18.1 Å². The number of nitrogens with zero attached hydrogens (tertiary/aromatic N) is 3. The maximum absolute atomic E-state index is 12.1. The van der Waals surface area contributed by atoms with Crippen LogP contribution in [0.5, 0.6) is 5.75 Å². The number of carbonyl (C=O) groups excluding carboxylic acids is 1. The van der Waals surface area contributed by atoms with Crippen molar-refractivity contribution in [1.82, 2.24) is 4.98 Å². The Morgan fingerprint density at radius 3 is 2.95 bits per heavy atom. The molecule has 0 radical (unpaired) electrons. The number of hydrogen-bond acceptors (Lipinski definition) is 4. The summed E-state index contributed by atoms with van der Waals surface area (Å²) in [5.41, 5.74) is -0.0210. The fourth-order valence-corrected chi connectivity index (χ4v) is 1.67. The maximum Gasteiger partial charge on any atom is 0.415 e. The van der Waals surface area contributed by atoms with E-state index in [4.69, 9.17) is 16.0 Å². The number of amides is 1. The van der Waals surface area contributed by atoms with Crippen molar-refractivity contribution in [2.45, 2.75) is 26.4 Å². The molecule has 100 valence electrons. The Morgan fingerprint density at radius 1 is 1.58 bits per heavy atom.